The Morgan fingerprint density at radius 3 is 1.93 bits per heavy atom. The summed E-state index contributed by atoms with van der Waals surface area (Å²) in [6.07, 6.45) is 0. The summed E-state index contributed by atoms with van der Waals surface area (Å²) < 4.78 is 20.9. The lowest BCUT2D eigenvalue weighted by Crippen LogP contribution is -2.53. The summed E-state index contributed by atoms with van der Waals surface area (Å²) in [5, 5.41) is 20.2. The number of ether oxygens (including phenoxy) is 4. The number of hydrogen-bond donors (Lipinski definition) is 12. The standard InChI is InChI=1S/C30H51N11O14S3/c31-9-21(43)40-19-17-57-58-30(41-25(47)12-36-22(44)10-35-23(45)11-37-28(19)50)29(51)38-13-24(46)39-18(16-56)27(49)34-2-4-53-6-8-54-7-5-52-3-1-33-26(48)15-55-14-20(32)42/h18-19,30,56H,1-17,31H2,(H2,32,42)(H,33,48)(H,34,49)(H,35,45)(H,36,44)(H,37,50)(H,38,51)(H,39,46)(H,40,43)(H,41,47). The number of carbonyl (C=O) groups excluding carboxylic acids is 10. The SMILES string of the molecule is NCC(=O)NC1CSSC(C(=O)NCC(=O)NC(CS)C(=O)NCCOCCOCCOCCNC(=O)COCC(N)=O)NC(=O)CNC(=O)CNC(=O)CNC1=O. The summed E-state index contributed by atoms with van der Waals surface area (Å²) in [7, 11) is 1.67. The fraction of sp³-hybridized carbons (Fsp3) is 0.667. The van der Waals surface area contributed by atoms with Crippen molar-refractivity contribution < 1.29 is 66.9 Å². The molecular weight excluding hydrogens is 835 g/mol. The van der Waals surface area contributed by atoms with Crippen LogP contribution >= 0.6 is 34.2 Å². The van der Waals surface area contributed by atoms with Crippen LogP contribution in [0, 0.1) is 0 Å². The van der Waals surface area contributed by atoms with Gasteiger partial charge >= 0.3 is 0 Å². The molecular formula is C30H51N11O14S3. The van der Waals surface area contributed by atoms with E-state index in [0.29, 0.717) is 0 Å². The first-order chi connectivity index (χ1) is 27.7. The summed E-state index contributed by atoms with van der Waals surface area (Å²) in [5.41, 5.74) is 10.2. The highest BCUT2D eigenvalue weighted by Gasteiger charge is 2.27. The smallest absolute Gasteiger partial charge is 0.254 e. The Labute approximate surface area is 346 Å². The van der Waals surface area contributed by atoms with Crippen LogP contribution in [-0.4, -0.2) is 187 Å². The zero-order valence-corrected chi connectivity index (χ0v) is 33.9. The summed E-state index contributed by atoms with van der Waals surface area (Å²) >= 11 is 4.11. The molecule has 0 aromatic carbocycles. The molecule has 0 aromatic rings. The first kappa shape index (κ1) is 51.6. The molecule has 0 radical (unpaired) electrons. The largest absolute Gasteiger partial charge is 0.377 e. The van der Waals surface area contributed by atoms with Gasteiger partial charge in [0.2, 0.25) is 53.2 Å². The molecule has 1 aliphatic heterocycles. The molecule has 0 bridgehead atoms. The first-order valence-corrected chi connectivity index (χ1v) is 20.5. The number of nitrogens with one attached hydrogen (secondary N) is 9. The molecule has 0 aromatic heterocycles. The molecule has 0 spiro atoms. The third-order valence-corrected chi connectivity index (χ3v) is 9.56. The maximum atomic E-state index is 13.1. The van der Waals surface area contributed by atoms with Crippen LogP contribution in [0.1, 0.15) is 0 Å². The Balaban J connectivity index is 2.45. The molecule has 3 unspecified atom stereocenters. The molecule has 328 valence electrons. The van der Waals surface area contributed by atoms with Gasteiger partial charge in [0, 0.05) is 24.6 Å². The summed E-state index contributed by atoms with van der Waals surface area (Å²) in [5.74, 6) is -7.16. The van der Waals surface area contributed by atoms with Crippen molar-refractivity contribution in [3.05, 3.63) is 0 Å². The fourth-order valence-corrected chi connectivity index (χ4v) is 6.54. The molecule has 0 saturated carbocycles. The second-order valence-corrected chi connectivity index (χ2v) is 14.3. The minimum Gasteiger partial charge on any atom is -0.377 e. The molecule has 28 heteroatoms. The molecule has 13 N–H and O–H groups in total. The summed E-state index contributed by atoms with van der Waals surface area (Å²) in [4.78, 5) is 121. The minimum atomic E-state index is -1.36. The van der Waals surface area contributed by atoms with Gasteiger partial charge in [0.1, 0.15) is 25.3 Å². The van der Waals surface area contributed by atoms with Gasteiger partial charge in [0.05, 0.1) is 72.4 Å². The van der Waals surface area contributed by atoms with Gasteiger partial charge in [-0.3, -0.25) is 47.9 Å². The number of primary amides is 1. The molecule has 0 aliphatic carbocycles. The summed E-state index contributed by atoms with van der Waals surface area (Å²) in [6, 6.07) is -2.28. The Morgan fingerprint density at radius 2 is 1.33 bits per heavy atom. The average molecular weight is 886 g/mol. The number of amides is 10. The highest BCUT2D eigenvalue weighted by molar-refractivity contribution is 8.77. The second kappa shape index (κ2) is 31.5. The van der Waals surface area contributed by atoms with Crippen LogP contribution in [0.25, 0.3) is 0 Å². The average Bonchev–Trinajstić information content (AvgIpc) is 3.19. The number of hydrogen-bond acceptors (Lipinski definition) is 18. The van der Waals surface area contributed by atoms with Gasteiger partial charge in [0.15, 0.2) is 5.37 Å². The maximum absolute atomic E-state index is 13.1. The van der Waals surface area contributed by atoms with Crippen molar-refractivity contribution in [2.24, 2.45) is 11.5 Å². The zero-order chi connectivity index (χ0) is 43.1. The van der Waals surface area contributed by atoms with Crippen LogP contribution in [-0.2, 0) is 66.9 Å². The third kappa shape index (κ3) is 25.7. The number of carbonyl (C=O) groups is 10. The van der Waals surface area contributed by atoms with E-state index in [1.165, 1.54) is 0 Å². The van der Waals surface area contributed by atoms with Crippen LogP contribution in [0.2, 0.25) is 0 Å². The maximum Gasteiger partial charge on any atom is 0.254 e. The Bertz CT molecular complexity index is 1400. The Hall–Kier alpha value is -4.45. The highest BCUT2D eigenvalue weighted by Crippen LogP contribution is 2.26. The van der Waals surface area contributed by atoms with Gasteiger partial charge in [-0.05, 0) is 0 Å². The fourth-order valence-electron chi connectivity index (χ4n) is 3.88. The Morgan fingerprint density at radius 1 is 0.741 bits per heavy atom. The molecule has 3 atom stereocenters. The molecule has 25 nitrogen and oxygen atoms in total. The van der Waals surface area contributed by atoms with E-state index in [0.717, 1.165) is 21.6 Å². The topological polar surface area (TPSA) is 368 Å². The van der Waals surface area contributed by atoms with E-state index in [4.69, 9.17) is 30.4 Å². The number of nitrogens with two attached hydrogens (primary N) is 2. The molecule has 1 aliphatic rings. The molecule has 1 fully saturated rings. The lowest BCUT2D eigenvalue weighted by Gasteiger charge is -2.21. The number of thiol groups is 1. The molecule has 58 heavy (non-hydrogen) atoms. The van der Waals surface area contributed by atoms with E-state index in [1.807, 2.05) is 0 Å². The second-order valence-electron chi connectivity index (χ2n) is 11.4. The van der Waals surface area contributed by atoms with Crippen LogP contribution < -0.4 is 59.3 Å². The van der Waals surface area contributed by atoms with Crippen molar-refractivity contribution >= 4 is 93.3 Å². The molecule has 1 saturated heterocycles. The Kier molecular flexibility index (Phi) is 28.0. The molecule has 1 heterocycles. The summed E-state index contributed by atoms with van der Waals surface area (Å²) in [6.45, 7) is -1.56. The first-order valence-electron chi connectivity index (χ1n) is 17.4. The van der Waals surface area contributed by atoms with Crippen molar-refractivity contribution in [1.82, 2.24) is 47.9 Å². The predicted molar refractivity (Wildman–Crippen MR) is 209 cm³/mol. The zero-order valence-electron chi connectivity index (χ0n) is 31.4. The normalized spacial score (nSPS) is 17.3. The van der Waals surface area contributed by atoms with Gasteiger partial charge in [-0.15, -0.1) is 0 Å². The van der Waals surface area contributed by atoms with Crippen molar-refractivity contribution in [2.45, 2.75) is 17.5 Å². The van der Waals surface area contributed by atoms with E-state index in [2.05, 4.69) is 60.5 Å². The lowest BCUT2D eigenvalue weighted by atomic mass is 10.3. The lowest BCUT2D eigenvalue weighted by molar-refractivity contribution is -0.130. The quantitative estimate of drug-likeness (QED) is 0.0243. The van der Waals surface area contributed by atoms with Crippen molar-refractivity contribution in [3.8, 4) is 0 Å². The van der Waals surface area contributed by atoms with Crippen molar-refractivity contribution in [1.29, 1.82) is 0 Å². The number of rotatable bonds is 24. The van der Waals surface area contributed by atoms with Crippen LogP contribution in [0.3, 0.4) is 0 Å². The molecule has 1 rings (SSSR count). The van der Waals surface area contributed by atoms with Gasteiger partial charge in [0.25, 0.3) is 5.91 Å². The van der Waals surface area contributed by atoms with E-state index in [9.17, 15) is 47.9 Å². The third-order valence-electron chi connectivity index (χ3n) is 6.67. The molecule has 10 amide bonds. The van der Waals surface area contributed by atoms with Gasteiger partial charge in [-0.1, -0.05) is 21.6 Å². The van der Waals surface area contributed by atoms with E-state index >= 15 is 0 Å². The van der Waals surface area contributed by atoms with Crippen LogP contribution in [0.5, 0.6) is 0 Å². The predicted octanol–water partition coefficient (Wildman–Crippen LogP) is -8.07. The van der Waals surface area contributed by atoms with Gasteiger partial charge in [-0.25, -0.2) is 0 Å². The highest BCUT2D eigenvalue weighted by atomic mass is 33.1. The van der Waals surface area contributed by atoms with Gasteiger partial charge < -0.3 is 78.3 Å². The van der Waals surface area contributed by atoms with E-state index < -0.39 is 109 Å². The van der Waals surface area contributed by atoms with Crippen LogP contribution in [0.4, 0.5) is 0 Å². The van der Waals surface area contributed by atoms with Crippen LogP contribution in [0.15, 0.2) is 0 Å². The van der Waals surface area contributed by atoms with Crippen molar-refractivity contribution in [2.75, 3.05) is 110 Å². The van der Waals surface area contributed by atoms with E-state index in [-0.39, 0.29) is 77.5 Å². The minimum absolute atomic E-state index is 0.0873. The van der Waals surface area contributed by atoms with Crippen molar-refractivity contribution in [3.63, 3.8) is 0 Å². The monoisotopic (exact) mass is 885 g/mol. The van der Waals surface area contributed by atoms with Gasteiger partial charge in [-0.2, -0.15) is 12.6 Å². The van der Waals surface area contributed by atoms with E-state index in [1.54, 1.807) is 0 Å².